The van der Waals surface area contributed by atoms with Gasteiger partial charge in [0.15, 0.2) is 11.6 Å². The van der Waals surface area contributed by atoms with Gasteiger partial charge in [-0.1, -0.05) is 0 Å². The van der Waals surface area contributed by atoms with Gasteiger partial charge < -0.3 is 9.88 Å². The fourth-order valence-corrected chi connectivity index (χ4v) is 0.985. The predicted octanol–water partition coefficient (Wildman–Crippen LogP) is 0.212. The van der Waals surface area contributed by atoms with Crippen molar-refractivity contribution in [2.24, 2.45) is 7.05 Å². The van der Waals surface area contributed by atoms with E-state index in [1.165, 1.54) is 0 Å². The molecule has 12 heavy (non-hydrogen) atoms. The molecule has 0 aliphatic carbocycles. The zero-order chi connectivity index (χ0) is 8.97. The molecule has 0 aliphatic rings. The lowest BCUT2D eigenvalue weighted by Gasteiger charge is -1.99. The molecule has 4 nitrogen and oxygen atoms in total. The highest BCUT2D eigenvalue weighted by Gasteiger charge is 2.08. The lowest BCUT2D eigenvalue weighted by Crippen LogP contribution is -2.15. The quantitative estimate of drug-likeness (QED) is 0.652. The van der Waals surface area contributed by atoms with Crippen LogP contribution < -0.4 is 5.32 Å². The number of carbonyl (C=O) groups is 1. The van der Waals surface area contributed by atoms with Crippen molar-refractivity contribution >= 4 is 5.78 Å². The molecule has 1 N–H and O–H groups in total. The van der Waals surface area contributed by atoms with Crippen molar-refractivity contribution in [3.63, 3.8) is 0 Å². The number of nitrogens with zero attached hydrogens (tertiary/aromatic N) is 2. The summed E-state index contributed by atoms with van der Waals surface area (Å²) >= 11 is 0. The van der Waals surface area contributed by atoms with Crippen LogP contribution >= 0.6 is 0 Å². The Hall–Kier alpha value is -1.16. The Morgan fingerprint density at radius 1 is 1.75 bits per heavy atom. The van der Waals surface area contributed by atoms with Crippen LogP contribution in [0.2, 0.25) is 0 Å². The van der Waals surface area contributed by atoms with Gasteiger partial charge in [0.05, 0.1) is 0 Å². The zero-order valence-electron chi connectivity index (χ0n) is 7.37. The Balaban J connectivity index is 2.59. The first-order valence-electron chi connectivity index (χ1n) is 3.91. The fraction of sp³-hybridized carbons (Fsp3) is 0.500. The summed E-state index contributed by atoms with van der Waals surface area (Å²) in [7, 11) is 3.64. The van der Waals surface area contributed by atoms with Crippen LogP contribution in [-0.2, 0) is 7.05 Å². The summed E-state index contributed by atoms with van der Waals surface area (Å²) in [5.74, 6) is 0.613. The number of carbonyl (C=O) groups excluding carboxylic acids is 1. The molecule has 1 aromatic heterocycles. The number of ketones is 1. The average molecular weight is 167 g/mol. The number of imidazole rings is 1. The average Bonchev–Trinajstić information content (AvgIpc) is 2.47. The predicted molar refractivity (Wildman–Crippen MR) is 46.1 cm³/mol. The van der Waals surface area contributed by atoms with Crippen LogP contribution in [0, 0.1) is 0 Å². The maximum absolute atomic E-state index is 11.4. The number of nitrogens with one attached hydrogen (secondary N) is 1. The molecule has 0 unspecified atom stereocenters. The zero-order valence-corrected chi connectivity index (χ0v) is 7.37. The first kappa shape index (κ1) is 8.93. The first-order valence-corrected chi connectivity index (χ1v) is 3.91. The lowest BCUT2D eigenvalue weighted by molar-refractivity contribution is 0.0970. The van der Waals surface area contributed by atoms with E-state index in [1.807, 2.05) is 14.1 Å². The summed E-state index contributed by atoms with van der Waals surface area (Å²) in [5, 5.41) is 2.92. The molecule has 0 aromatic carbocycles. The summed E-state index contributed by atoms with van der Waals surface area (Å²) in [6.07, 6.45) is 3.90. The molecule has 0 spiro atoms. The first-order chi connectivity index (χ1) is 5.75. The monoisotopic (exact) mass is 167 g/mol. The minimum absolute atomic E-state index is 0.0804. The molecule has 1 rings (SSSR count). The topological polar surface area (TPSA) is 46.9 Å². The number of rotatable bonds is 4. The summed E-state index contributed by atoms with van der Waals surface area (Å²) in [4.78, 5) is 15.3. The third kappa shape index (κ3) is 1.92. The van der Waals surface area contributed by atoms with Crippen molar-refractivity contribution in [1.29, 1.82) is 0 Å². The second-order valence-electron chi connectivity index (χ2n) is 2.64. The molecule has 0 saturated carbocycles. The van der Waals surface area contributed by atoms with Crippen LogP contribution in [0.15, 0.2) is 12.4 Å². The van der Waals surface area contributed by atoms with Crippen LogP contribution in [-0.4, -0.2) is 28.9 Å². The Kier molecular flexibility index (Phi) is 2.99. The van der Waals surface area contributed by atoms with Crippen LogP contribution in [0.25, 0.3) is 0 Å². The molecule has 0 aliphatic heterocycles. The molecular formula is C8H13N3O. The summed E-state index contributed by atoms with van der Waals surface area (Å²) in [5.41, 5.74) is 0. The molecule has 1 heterocycles. The maximum Gasteiger partial charge on any atom is 0.199 e. The van der Waals surface area contributed by atoms with Gasteiger partial charge in [0.2, 0.25) is 0 Å². The Bertz CT molecular complexity index is 267. The Morgan fingerprint density at radius 3 is 3.00 bits per heavy atom. The minimum Gasteiger partial charge on any atom is -0.332 e. The lowest BCUT2D eigenvalue weighted by atomic mass is 10.2. The van der Waals surface area contributed by atoms with Gasteiger partial charge in [0, 0.05) is 32.4 Å². The number of aryl methyl sites for hydroxylation is 1. The number of hydrogen-bond acceptors (Lipinski definition) is 3. The van der Waals surface area contributed by atoms with E-state index < -0.39 is 0 Å². The fourth-order valence-electron chi connectivity index (χ4n) is 0.985. The van der Waals surface area contributed by atoms with Gasteiger partial charge >= 0.3 is 0 Å². The van der Waals surface area contributed by atoms with Gasteiger partial charge in [-0.25, -0.2) is 4.98 Å². The highest BCUT2D eigenvalue weighted by molar-refractivity contribution is 5.92. The van der Waals surface area contributed by atoms with Crippen molar-refractivity contribution in [2.75, 3.05) is 13.6 Å². The van der Waals surface area contributed by atoms with Crippen LogP contribution in [0.1, 0.15) is 17.0 Å². The van der Waals surface area contributed by atoms with Crippen LogP contribution in [0.3, 0.4) is 0 Å². The van der Waals surface area contributed by atoms with E-state index in [1.54, 1.807) is 17.0 Å². The SMILES string of the molecule is CNCCC(=O)c1nccn1C. The number of aromatic nitrogens is 2. The third-order valence-electron chi connectivity index (χ3n) is 1.67. The molecule has 0 amide bonds. The normalized spacial score (nSPS) is 10.2. The molecule has 0 radical (unpaired) electrons. The Labute approximate surface area is 71.6 Å². The number of Topliss-reactive ketones (excluding diaryl/α,β-unsaturated/α-hetero) is 1. The van der Waals surface area contributed by atoms with Gasteiger partial charge in [-0.2, -0.15) is 0 Å². The van der Waals surface area contributed by atoms with E-state index >= 15 is 0 Å². The molecule has 1 aromatic rings. The molecule has 66 valence electrons. The second kappa shape index (κ2) is 4.01. The van der Waals surface area contributed by atoms with Gasteiger partial charge in [-0.3, -0.25) is 4.79 Å². The van der Waals surface area contributed by atoms with Crippen molar-refractivity contribution in [3.8, 4) is 0 Å². The summed E-state index contributed by atoms with van der Waals surface area (Å²) in [6, 6.07) is 0. The molecule has 0 fully saturated rings. The van der Waals surface area contributed by atoms with E-state index in [0.717, 1.165) is 0 Å². The minimum atomic E-state index is 0.0804. The van der Waals surface area contributed by atoms with E-state index in [2.05, 4.69) is 10.3 Å². The van der Waals surface area contributed by atoms with Crippen molar-refractivity contribution in [1.82, 2.24) is 14.9 Å². The van der Waals surface area contributed by atoms with Crippen LogP contribution in [0.4, 0.5) is 0 Å². The van der Waals surface area contributed by atoms with Gasteiger partial charge in [0.1, 0.15) is 0 Å². The second-order valence-corrected chi connectivity index (χ2v) is 2.64. The van der Waals surface area contributed by atoms with Gasteiger partial charge in [-0.15, -0.1) is 0 Å². The molecule has 0 saturated heterocycles. The van der Waals surface area contributed by atoms with E-state index in [-0.39, 0.29) is 5.78 Å². The third-order valence-corrected chi connectivity index (χ3v) is 1.67. The van der Waals surface area contributed by atoms with Crippen molar-refractivity contribution < 1.29 is 4.79 Å². The molecule has 4 heteroatoms. The van der Waals surface area contributed by atoms with Crippen molar-refractivity contribution in [3.05, 3.63) is 18.2 Å². The standard InChI is InChI=1S/C8H13N3O/c1-9-4-3-7(12)8-10-5-6-11(8)2/h5-6,9H,3-4H2,1-2H3. The van der Waals surface area contributed by atoms with E-state index in [4.69, 9.17) is 0 Å². The van der Waals surface area contributed by atoms with Gasteiger partial charge in [-0.05, 0) is 7.05 Å². The summed E-state index contributed by atoms with van der Waals surface area (Å²) in [6.45, 7) is 0.700. The highest BCUT2D eigenvalue weighted by Crippen LogP contribution is 1.98. The van der Waals surface area contributed by atoms with Crippen LogP contribution in [0.5, 0.6) is 0 Å². The smallest absolute Gasteiger partial charge is 0.199 e. The van der Waals surface area contributed by atoms with Gasteiger partial charge in [0.25, 0.3) is 0 Å². The summed E-state index contributed by atoms with van der Waals surface area (Å²) < 4.78 is 1.73. The Morgan fingerprint density at radius 2 is 2.50 bits per heavy atom. The largest absolute Gasteiger partial charge is 0.332 e. The maximum atomic E-state index is 11.4. The highest BCUT2D eigenvalue weighted by atomic mass is 16.1. The molecular weight excluding hydrogens is 154 g/mol. The molecule has 0 atom stereocenters. The number of hydrogen-bond donors (Lipinski definition) is 1. The molecule has 0 bridgehead atoms. The van der Waals surface area contributed by atoms with Crippen molar-refractivity contribution in [2.45, 2.75) is 6.42 Å². The van der Waals surface area contributed by atoms with E-state index in [9.17, 15) is 4.79 Å². The van der Waals surface area contributed by atoms with E-state index in [0.29, 0.717) is 18.8 Å².